The Morgan fingerprint density at radius 2 is 2.07 bits per heavy atom. The van der Waals surface area contributed by atoms with Crippen LogP contribution in [0.15, 0.2) is 0 Å². The quantitative estimate of drug-likeness (QED) is 0.575. The third kappa shape index (κ3) is 4.29. The summed E-state index contributed by atoms with van der Waals surface area (Å²) in [6, 6.07) is 0.457. The number of hydrogen-bond donors (Lipinski definition) is 2. The van der Waals surface area contributed by atoms with Crippen LogP contribution in [0.5, 0.6) is 0 Å². The molecule has 0 aromatic carbocycles. The SMILES string of the molecule is CNC(=O)CCNCC(=O)N(C)C1CC1. The largest absolute Gasteiger partial charge is 0.359 e. The van der Waals surface area contributed by atoms with E-state index in [2.05, 4.69) is 10.6 Å². The molecule has 0 unspecified atom stereocenters. The second-order valence-electron chi connectivity index (χ2n) is 3.84. The molecule has 1 saturated carbocycles. The van der Waals surface area contributed by atoms with Crippen molar-refractivity contribution in [3.63, 3.8) is 0 Å². The standard InChI is InChI=1S/C10H19N3O2/c1-11-9(14)5-6-12-7-10(15)13(2)8-3-4-8/h8,12H,3-7H2,1-2H3,(H,11,14). The van der Waals surface area contributed by atoms with Gasteiger partial charge in [0.2, 0.25) is 11.8 Å². The van der Waals surface area contributed by atoms with Crippen molar-refractivity contribution in [2.24, 2.45) is 0 Å². The first-order valence-corrected chi connectivity index (χ1v) is 5.32. The predicted molar refractivity (Wildman–Crippen MR) is 57.3 cm³/mol. The summed E-state index contributed by atoms with van der Waals surface area (Å²) in [5.41, 5.74) is 0. The summed E-state index contributed by atoms with van der Waals surface area (Å²) in [7, 11) is 3.44. The van der Waals surface area contributed by atoms with E-state index in [0.717, 1.165) is 12.8 Å². The van der Waals surface area contributed by atoms with Gasteiger partial charge in [0, 0.05) is 33.1 Å². The second-order valence-corrected chi connectivity index (χ2v) is 3.84. The lowest BCUT2D eigenvalue weighted by molar-refractivity contribution is -0.129. The number of likely N-dealkylation sites (N-methyl/N-ethyl adjacent to an activating group) is 1. The molecule has 5 nitrogen and oxygen atoms in total. The van der Waals surface area contributed by atoms with E-state index in [-0.39, 0.29) is 11.8 Å². The number of carbonyl (C=O) groups excluding carboxylic acids is 2. The minimum atomic E-state index is -0.00880. The Balaban J connectivity index is 2.03. The van der Waals surface area contributed by atoms with Crippen molar-refractivity contribution in [2.45, 2.75) is 25.3 Å². The first kappa shape index (κ1) is 12.0. The molecule has 0 aromatic rings. The van der Waals surface area contributed by atoms with E-state index >= 15 is 0 Å². The molecule has 0 heterocycles. The van der Waals surface area contributed by atoms with Gasteiger partial charge >= 0.3 is 0 Å². The highest BCUT2D eigenvalue weighted by Gasteiger charge is 2.28. The molecule has 0 saturated heterocycles. The molecule has 1 rings (SSSR count). The third-order valence-electron chi connectivity index (χ3n) is 2.57. The molecule has 0 atom stereocenters. The van der Waals surface area contributed by atoms with E-state index < -0.39 is 0 Å². The van der Waals surface area contributed by atoms with Gasteiger partial charge in [-0.15, -0.1) is 0 Å². The van der Waals surface area contributed by atoms with Gasteiger partial charge in [0.15, 0.2) is 0 Å². The van der Waals surface area contributed by atoms with Crippen LogP contribution in [-0.2, 0) is 9.59 Å². The molecular weight excluding hydrogens is 194 g/mol. The van der Waals surface area contributed by atoms with Gasteiger partial charge in [0.1, 0.15) is 0 Å². The lowest BCUT2D eigenvalue weighted by Crippen LogP contribution is -2.37. The smallest absolute Gasteiger partial charge is 0.236 e. The zero-order chi connectivity index (χ0) is 11.3. The van der Waals surface area contributed by atoms with Gasteiger partial charge in [-0.1, -0.05) is 0 Å². The van der Waals surface area contributed by atoms with Crippen LogP contribution in [0.1, 0.15) is 19.3 Å². The van der Waals surface area contributed by atoms with Crippen molar-refractivity contribution in [3.8, 4) is 0 Å². The molecule has 0 spiro atoms. The van der Waals surface area contributed by atoms with Crippen LogP contribution in [-0.4, -0.2) is 49.9 Å². The van der Waals surface area contributed by atoms with Gasteiger partial charge in [0.05, 0.1) is 6.54 Å². The van der Waals surface area contributed by atoms with Crippen LogP contribution in [0.4, 0.5) is 0 Å². The van der Waals surface area contributed by atoms with Crippen LogP contribution in [0.2, 0.25) is 0 Å². The van der Waals surface area contributed by atoms with Crippen molar-refractivity contribution >= 4 is 11.8 Å². The Kier molecular flexibility index (Phi) is 4.55. The van der Waals surface area contributed by atoms with Crippen LogP contribution in [0.3, 0.4) is 0 Å². The molecule has 2 N–H and O–H groups in total. The fourth-order valence-corrected chi connectivity index (χ4v) is 1.31. The highest BCUT2D eigenvalue weighted by molar-refractivity contribution is 5.79. The van der Waals surface area contributed by atoms with Crippen molar-refractivity contribution < 1.29 is 9.59 Å². The summed E-state index contributed by atoms with van der Waals surface area (Å²) < 4.78 is 0. The van der Waals surface area contributed by atoms with E-state index in [0.29, 0.717) is 25.6 Å². The minimum absolute atomic E-state index is 0.00880. The molecule has 1 fully saturated rings. The van der Waals surface area contributed by atoms with E-state index in [1.165, 1.54) is 0 Å². The van der Waals surface area contributed by atoms with Crippen molar-refractivity contribution in [1.82, 2.24) is 15.5 Å². The highest BCUT2D eigenvalue weighted by Crippen LogP contribution is 2.24. The number of nitrogens with zero attached hydrogens (tertiary/aromatic N) is 1. The summed E-state index contributed by atoms with van der Waals surface area (Å²) in [6.07, 6.45) is 2.66. The van der Waals surface area contributed by atoms with Gasteiger partial charge in [-0.05, 0) is 12.8 Å². The monoisotopic (exact) mass is 213 g/mol. The summed E-state index contributed by atoms with van der Waals surface area (Å²) in [5.74, 6) is 0.0971. The summed E-state index contributed by atoms with van der Waals surface area (Å²) in [5, 5.41) is 5.49. The Morgan fingerprint density at radius 3 is 2.60 bits per heavy atom. The lowest BCUT2D eigenvalue weighted by Gasteiger charge is -2.16. The number of amides is 2. The van der Waals surface area contributed by atoms with Gasteiger partial charge in [0.25, 0.3) is 0 Å². The van der Waals surface area contributed by atoms with E-state index in [1.807, 2.05) is 7.05 Å². The molecule has 2 amide bonds. The third-order valence-corrected chi connectivity index (χ3v) is 2.57. The first-order valence-electron chi connectivity index (χ1n) is 5.32. The average Bonchev–Trinajstić information content (AvgIpc) is 3.06. The highest BCUT2D eigenvalue weighted by atomic mass is 16.2. The van der Waals surface area contributed by atoms with Crippen molar-refractivity contribution in [1.29, 1.82) is 0 Å². The Bertz CT molecular complexity index is 239. The zero-order valence-corrected chi connectivity index (χ0v) is 9.38. The Hall–Kier alpha value is -1.10. The summed E-state index contributed by atoms with van der Waals surface area (Å²) in [6.45, 7) is 0.869. The normalized spacial score (nSPS) is 14.8. The lowest BCUT2D eigenvalue weighted by atomic mass is 10.4. The summed E-state index contributed by atoms with van der Waals surface area (Å²) >= 11 is 0. The van der Waals surface area contributed by atoms with Crippen LogP contribution < -0.4 is 10.6 Å². The number of rotatable bonds is 6. The Morgan fingerprint density at radius 1 is 1.40 bits per heavy atom. The van der Waals surface area contributed by atoms with Crippen molar-refractivity contribution in [3.05, 3.63) is 0 Å². The number of hydrogen-bond acceptors (Lipinski definition) is 3. The molecule has 0 bridgehead atoms. The van der Waals surface area contributed by atoms with E-state index in [4.69, 9.17) is 0 Å². The molecule has 86 valence electrons. The van der Waals surface area contributed by atoms with Gasteiger partial charge in [-0.2, -0.15) is 0 Å². The van der Waals surface area contributed by atoms with Gasteiger partial charge < -0.3 is 15.5 Å². The van der Waals surface area contributed by atoms with E-state index in [9.17, 15) is 9.59 Å². The molecule has 15 heavy (non-hydrogen) atoms. The fraction of sp³-hybridized carbons (Fsp3) is 0.800. The fourth-order valence-electron chi connectivity index (χ4n) is 1.31. The molecular formula is C10H19N3O2. The maximum Gasteiger partial charge on any atom is 0.236 e. The summed E-state index contributed by atoms with van der Waals surface area (Å²) in [4.78, 5) is 24.1. The first-order chi connectivity index (χ1) is 7.15. The van der Waals surface area contributed by atoms with Gasteiger partial charge in [-0.3, -0.25) is 9.59 Å². The predicted octanol–water partition coefficient (Wildman–Crippen LogP) is -0.667. The van der Waals surface area contributed by atoms with Crippen LogP contribution >= 0.6 is 0 Å². The van der Waals surface area contributed by atoms with Gasteiger partial charge in [-0.25, -0.2) is 0 Å². The Labute approximate surface area is 90.2 Å². The number of nitrogens with one attached hydrogen (secondary N) is 2. The van der Waals surface area contributed by atoms with Crippen molar-refractivity contribution in [2.75, 3.05) is 27.2 Å². The molecule has 1 aliphatic rings. The topological polar surface area (TPSA) is 61.4 Å². The average molecular weight is 213 g/mol. The molecule has 5 heteroatoms. The molecule has 1 aliphatic carbocycles. The second kappa shape index (κ2) is 5.70. The maximum absolute atomic E-state index is 11.5. The molecule has 0 aromatic heterocycles. The molecule has 0 radical (unpaired) electrons. The minimum Gasteiger partial charge on any atom is -0.359 e. The molecule has 0 aliphatic heterocycles. The maximum atomic E-state index is 11.5. The zero-order valence-electron chi connectivity index (χ0n) is 9.38. The van der Waals surface area contributed by atoms with Crippen LogP contribution in [0.25, 0.3) is 0 Å². The van der Waals surface area contributed by atoms with Crippen LogP contribution in [0, 0.1) is 0 Å². The van der Waals surface area contributed by atoms with E-state index in [1.54, 1.807) is 11.9 Å². The number of carbonyl (C=O) groups is 2.